The van der Waals surface area contributed by atoms with Crippen LogP contribution in [0, 0.1) is 10.1 Å². The molecule has 9 nitrogen and oxygen atoms in total. The van der Waals surface area contributed by atoms with Gasteiger partial charge in [0, 0.05) is 18.6 Å². The van der Waals surface area contributed by atoms with Gasteiger partial charge in [0.15, 0.2) is 0 Å². The van der Waals surface area contributed by atoms with Crippen molar-refractivity contribution < 1.29 is 24.0 Å². The Balaban J connectivity index is 2.89. The van der Waals surface area contributed by atoms with Gasteiger partial charge < -0.3 is 15.6 Å². The van der Waals surface area contributed by atoms with Gasteiger partial charge in [-0.1, -0.05) is 12.1 Å². The van der Waals surface area contributed by atoms with Gasteiger partial charge in [-0.25, -0.2) is 4.79 Å². The summed E-state index contributed by atoms with van der Waals surface area (Å²) in [4.78, 5) is 36.5. The number of carbonyl (C=O) groups is 2. The molecule has 1 rings (SSSR count). The number of Topliss-reactive ketones (excluding diaryl/α,β-unsaturated/α-hetero) is 1. The summed E-state index contributed by atoms with van der Waals surface area (Å²) < 4.78 is 5.09. The molecule has 0 saturated carbocycles. The van der Waals surface area contributed by atoms with Crippen molar-refractivity contribution in [3.05, 3.63) is 45.5 Å². The Kier molecular flexibility index (Phi) is 6.31. The van der Waals surface area contributed by atoms with E-state index in [9.17, 15) is 19.7 Å². The Labute approximate surface area is 138 Å². The highest BCUT2D eigenvalue weighted by molar-refractivity contribution is 6.28. The predicted molar refractivity (Wildman–Crippen MR) is 84.6 cm³/mol. The van der Waals surface area contributed by atoms with Gasteiger partial charge in [0.05, 0.1) is 4.92 Å². The lowest BCUT2D eigenvalue weighted by Gasteiger charge is -2.22. The van der Waals surface area contributed by atoms with Gasteiger partial charge >= 0.3 is 12.3 Å². The SMILES string of the molecule is CC(C)(C)OC(=O)N[C@@H](Cc1ccc([N+](=O)[O-])cc1)C(=O)C=[N+]=[N-]. The van der Waals surface area contributed by atoms with Crippen molar-refractivity contribution in [2.24, 2.45) is 0 Å². The fraction of sp³-hybridized carbons (Fsp3) is 0.400. The first-order valence-corrected chi connectivity index (χ1v) is 7.06. The molecule has 0 aliphatic rings. The highest BCUT2D eigenvalue weighted by Gasteiger charge is 2.25. The first-order chi connectivity index (χ1) is 11.1. The third kappa shape index (κ3) is 6.37. The maximum absolute atomic E-state index is 11.9. The molecule has 0 spiro atoms. The number of amides is 1. The Morgan fingerprint density at radius 2 is 1.96 bits per heavy atom. The number of nitro benzene ring substituents is 1. The van der Waals surface area contributed by atoms with Crippen LogP contribution in [0.5, 0.6) is 0 Å². The molecule has 0 aromatic heterocycles. The molecule has 0 aliphatic heterocycles. The van der Waals surface area contributed by atoms with Gasteiger partial charge in [-0.05, 0) is 26.3 Å². The molecular weight excluding hydrogens is 316 g/mol. The number of nitrogens with one attached hydrogen (secondary N) is 1. The number of hydrogen-bond donors (Lipinski definition) is 1. The molecule has 0 fully saturated rings. The summed E-state index contributed by atoms with van der Waals surface area (Å²) in [7, 11) is 0. The number of ketones is 1. The number of nitro groups is 1. The van der Waals surface area contributed by atoms with Crippen LogP contribution >= 0.6 is 0 Å². The zero-order valence-electron chi connectivity index (χ0n) is 13.6. The van der Waals surface area contributed by atoms with Crippen LogP contribution in [0.4, 0.5) is 10.5 Å². The number of rotatable bonds is 6. The van der Waals surface area contributed by atoms with E-state index in [0.717, 1.165) is 0 Å². The maximum atomic E-state index is 11.9. The monoisotopic (exact) mass is 334 g/mol. The molecule has 24 heavy (non-hydrogen) atoms. The Bertz CT molecular complexity index is 672. The summed E-state index contributed by atoms with van der Waals surface area (Å²) in [6.07, 6.45) is -0.0655. The number of non-ortho nitro benzene ring substituents is 1. The van der Waals surface area contributed by atoms with Crippen LogP contribution in [0.25, 0.3) is 5.53 Å². The van der Waals surface area contributed by atoms with Gasteiger partial charge in [-0.2, -0.15) is 4.79 Å². The third-order valence-electron chi connectivity index (χ3n) is 2.81. The number of alkyl carbamates (subject to hydrolysis) is 1. The largest absolute Gasteiger partial charge is 0.444 e. The molecular formula is C15H18N4O5. The highest BCUT2D eigenvalue weighted by Crippen LogP contribution is 2.14. The van der Waals surface area contributed by atoms with Crippen molar-refractivity contribution in [3.8, 4) is 0 Å². The van der Waals surface area contributed by atoms with Crippen molar-refractivity contribution in [2.75, 3.05) is 0 Å². The normalized spacial score (nSPS) is 11.8. The summed E-state index contributed by atoms with van der Waals surface area (Å²) in [5.74, 6) is -0.637. The van der Waals surface area contributed by atoms with Crippen LogP contribution in [0.15, 0.2) is 24.3 Å². The van der Waals surface area contributed by atoms with E-state index >= 15 is 0 Å². The molecule has 9 heteroatoms. The number of benzene rings is 1. The standard InChI is InChI=1S/C15H18N4O5/c1-15(2,3)24-14(21)18-12(13(20)9-17-16)8-10-4-6-11(7-5-10)19(22)23/h4-7,9,12H,8H2,1-3H3,(H,18,21)/t12-/m0/s1. The number of hydrogen-bond acceptors (Lipinski definition) is 5. The Morgan fingerprint density at radius 3 is 2.42 bits per heavy atom. The second kappa shape index (κ2) is 7.98. The van der Waals surface area contributed by atoms with E-state index in [1.165, 1.54) is 24.3 Å². The molecule has 0 aliphatic carbocycles. The average Bonchev–Trinajstić information content (AvgIpc) is 2.45. The number of nitrogens with zero attached hydrogens (tertiary/aromatic N) is 3. The smallest absolute Gasteiger partial charge is 0.408 e. The van der Waals surface area contributed by atoms with Crippen LogP contribution in [0.2, 0.25) is 0 Å². The van der Waals surface area contributed by atoms with Crippen LogP contribution in [0.1, 0.15) is 26.3 Å². The van der Waals surface area contributed by atoms with Crippen molar-refractivity contribution in [3.63, 3.8) is 0 Å². The van der Waals surface area contributed by atoms with E-state index in [2.05, 4.69) is 10.1 Å². The minimum absolute atomic E-state index is 0.0576. The van der Waals surface area contributed by atoms with Crippen molar-refractivity contribution >= 4 is 23.8 Å². The molecule has 1 atom stereocenters. The van der Waals surface area contributed by atoms with E-state index in [4.69, 9.17) is 10.3 Å². The molecule has 0 radical (unpaired) electrons. The molecule has 128 valence electrons. The topological polar surface area (TPSA) is 135 Å². The number of ether oxygens (including phenoxy) is 1. The first-order valence-electron chi connectivity index (χ1n) is 7.06. The van der Waals surface area contributed by atoms with Gasteiger partial charge in [0.2, 0.25) is 0 Å². The fourth-order valence-electron chi connectivity index (χ4n) is 1.81. The lowest BCUT2D eigenvalue weighted by atomic mass is 10.0. The molecule has 0 saturated heterocycles. The van der Waals surface area contributed by atoms with E-state index in [0.29, 0.717) is 11.8 Å². The van der Waals surface area contributed by atoms with E-state index < -0.39 is 28.4 Å². The number of carbonyl (C=O) groups excluding carboxylic acids is 2. The van der Waals surface area contributed by atoms with Gasteiger partial charge in [0.25, 0.3) is 11.5 Å². The minimum atomic E-state index is -1.03. The summed E-state index contributed by atoms with van der Waals surface area (Å²) in [5, 5.41) is 13.0. The maximum Gasteiger partial charge on any atom is 0.408 e. The van der Waals surface area contributed by atoms with Crippen LogP contribution in [-0.2, 0) is 16.0 Å². The molecule has 1 aromatic rings. The highest BCUT2D eigenvalue weighted by atomic mass is 16.6. The predicted octanol–water partition coefficient (Wildman–Crippen LogP) is 1.90. The van der Waals surface area contributed by atoms with E-state index in [-0.39, 0.29) is 12.1 Å². The molecule has 0 unspecified atom stereocenters. The van der Waals surface area contributed by atoms with Crippen molar-refractivity contribution in [1.29, 1.82) is 0 Å². The molecule has 0 bridgehead atoms. The van der Waals surface area contributed by atoms with Crippen molar-refractivity contribution in [2.45, 2.75) is 38.8 Å². The molecule has 1 aromatic carbocycles. The zero-order chi connectivity index (χ0) is 18.3. The summed E-state index contributed by atoms with van der Waals surface area (Å²) in [5.41, 5.74) is 8.26. The van der Waals surface area contributed by atoms with E-state index in [1.807, 2.05) is 0 Å². The lowest BCUT2D eigenvalue weighted by molar-refractivity contribution is -0.384. The average molecular weight is 334 g/mol. The Morgan fingerprint density at radius 1 is 1.38 bits per heavy atom. The Hall–Kier alpha value is -3.06. The first kappa shape index (κ1) is 19.0. The molecule has 0 heterocycles. The summed E-state index contributed by atoms with van der Waals surface area (Å²) in [6.45, 7) is 5.03. The van der Waals surface area contributed by atoms with Crippen LogP contribution in [-0.4, -0.2) is 39.4 Å². The molecule has 1 N–H and O–H groups in total. The molecule has 1 amide bonds. The lowest BCUT2D eigenvalue weighted by Crippen LogP contribution is -2.45. The summed E-state index contributed by atoms with van der Waals surface area (Å²) >= 11 is 0. The quantitative estimate of drug-likeness (QED) is 0.279. The second-order valence-electron chi connectivity index (χ2n) is 5.97. The van der Waals surface area contributed by atoms with Crippen LogP contribution in [0.3, 0.4) is 0 Å². The minimum Gasteiger partial charge on any atom is -0.444 e. The van der Waals surface area contributed by atoms with Crippen LogP contribution < -0.4 is 5.32 Å². The van der Waals surface area contributed by atoms with Gasteiger partial charge in [0.1, 0.15) is 11.6 Å². The van der Waals surface area contributed by atoms with Gasteiger partial charge in [-0.3, -0.25) is 14.9 Å². The second-order valence-corrected chi connectivity index (χ2v) is 5.97. The third-order valence-corrected chi connectivity index (χ3v) is 2.81. The summed E-state index contributed by atoms with van der Waals surface area (Å²) in [6, 6.07) is 4.52. The zero-order valence-corrected chi connectivity index (χ0v) is 13.6. The van der Waals surface area contributed by atoms with E-state index in [1.54, 1.807) is 20.8 Å². The fourth-order valence-corrected chi connectivity index (χ4v) is 1.81. The van der Waals surface area contributed by atoms with Crippen molar-refractivity contribution in [1.82, 2.24) is 5.32 Å². The van der Waals surface area contributed by atoms with Gasteiger partial charge in [-0.15, -0.1) is 0 Å².